The van der Waals surface area contributed by atoms with Gasteiger partial charge in [0.15, 0.2) is 0 Å². The van der Waals surface area contributed by atoms with Gasteiger partial charge in [0.05, 0.1) is 5.41 Å². The van der Waals surface area contributed by atoms with Crippen LogP contribution in [-0.4, -0.2) is 0 Å². The Balaban J connectivity index is 1.09. The van der Waals surface area contributed by atoms with Crippen molar-refractivity contribution in [1.82, 2.24) is 0 Å². The van der Waals surface area contributed by atoms with Crippen molar-refractivity contribution in [2.45, 2.75) is 5.41 Å². The van der Waals surface area contributed by atoms with Gasteiger partial charge in [-0.15, -0.1) is 11.3 Å². The lowest BCUT2D eigenvalue weighted by molar-refractivity contribution is 0.669. The minimum atomic E-state index is -0.634. The number of benzene rings is 10. The third-order valence-electron chi connectivity index (χ3n) is 13.9. The van der Waals surface area contributed by atoms with Crippen LogP contribution in [0.4, 0.5) is 17.1 Å². The lowest BCUT2D eigenvalue weighted by Gasteiger charge is -2.36. The molecule has 2 aromatic heterocycles. The van der Waals surface area contributed by atoms with Crippen LogP contribution in [0, 0.1) is 0 Å². The predicted molar refractivity (Wildman–Crippen MR) is 268 cm³/mol. The van der Waals surface area contributed by atoms with Crippen LogP contribution in [0.5, 0.6) is 0 Å². The number of para-hydroxylation sites is 1. The molecule has 2 nitrogen and oxygen atoms in total. The monoisotopic (exact) mass is 831 g/mol. The fraction of sp³-hybridized carbons (Fsp3) is 0.0164. The first-order valence-corrected chi connectivity index (χ1v) is 22.8. The van der Waals surface area contributed by atoms with Crippen molar-refractivity contribution in [3.05, 3.63) is 247 Å². The predicted octanol–water partition coefficient (Wildman–Crippen LogP) is 17.1. The average Bonchev–Trinajstić information content (AvgIpc) is 3.99. The molecule has 0 saturated carbocycles. The maximum Gasteiger partial charge on any atom is 0.135 e. The number of fused-ring (bicyclic) bond motifs is 18. The van der Waals surface area contributed by atoms with Crippen LogP contribution < -0.4 is 4.90 Å². The molecular weight excluding hydrogens is 795 g/mol. The summed E-state index contributed by atoms with van der Waals surface area (Å²) in [4.78, 5) is 2.43. The third-order valence-corrected chi connectivity index (χ3v) is 15.0. The minimum Gasteiger partial charge on any atom is -0.456 e. The van der Waals surface area contributed by atoms with Crippen LogP contribution >= 0.6 is 11.3 Å². The maximum atomic E-state index is 6.38. The number of thiophene rings is 1. The molecular formula is C61H37NOS. The van der Waals surface area contributed by atoms with Gasteiger partial charge in [-0.05, 0) is 133 Å². The summed E-state index contributed by atoms with van der Waals surface area (Å²) in [5.41, 5.74) is 19.6. The number of hydrogen-bond donors (Lipinski definition) is 0. The molecule has 3 heteroatoms. The van der Waals surface area contributed by atoms with E-state index < -0.39 is 5.41 Å². The zero-order chi connectivity index (χ0) is 41.9. The van der Waals surface area contributed by atoms with Crippen LogP contribution in [0.2, 0.25) is 0 Å². The Hall–Kier alpha value is -7.98. The van der Waals surface area contributed by atoms with Gasteiger partial charge in [-0.2, -0.15) is 0 Å². The molecule has 1 spiro atoms. The van der Waals surface area contributed by atoms with Crippen molar-refractivity contribution in [2.75, 3.05) is 4.90 Å². The van der Waals surface area contributed by atoms with Gasteiger partial charge < -0.3 is 9.32 Å². The first kappa shape index (κ1) is 35.6. The highest BCUT2D eigenvalue weighted by Crippen LogP contribution is 2.63. The molecule has 0 aliphatic heterocycles. The Bertz CT molecular complexity index is 3860. The molecule has 14 rings (SSSR count). The summed E-state index contributed by atoms with van der Waals surface area (Å²) >= 11 is 1.90. The maximum absolute atomic E-state index is 6.38. The molecule has 0 N–H and O–H groups in total. The summed E-state index contributed by atoms with van der Waals surface area (Å²) < 4.78 is 9.01. The van der Waals surface area contributed by atoms with E-state index >= 15 is 0 Å². The number of nitrogens with zero attached hydrogens (tertiary/aromatic N) is 1. The molecule has 2 aliphatic carbocycles. The largest absolute Gasteiger partial charge is 0.456 e. The summed E-state index contributed by atoms with van der Waals surface area (Å²) in [6, 6.07) is 83.2. The van der Waals surface area contributed by atoms with E-state index in [-0.39, 0.29) is 0 Å². The highest BCUT2D eigenvalue weighted by molar-refractivity contribution is 7.25. The standard InChI is InChI=1S/C61H37NOS/c1-2-14-38(15-3-1)39-26-28-40(29-27-39)62(41-31-33-58-51(34-41)48-20-8-12-24-57(48)63-58)42-30-32-47-44-17-5-4-16-43(44)45-18-6-10-22-53(45)61(55(47)35-42)54-23-11-7-19-46(54)50-36-52-49-21-9-13-25-59(49)64-60(52)37-56(50)61/h1-37H. The van der Waals surface area contributed by atoms with E-state index in [4.69, 9.17) is 4.42 Å². The minimum absolute atomic E-state index is 0.634. The number of furan rings is 1. The molecule has 12 aromatic rings. The lowest BCUT2D eigenvalue weighted by Crippen LogP contribution is -2.29. The Morgan fingerprint density at radius 1 is 0.312 bits per heavy atom. The SMILES string of the molecule is c1ccc(-c2ccc(N(c3ccc4c(c3)C3(c5ccccc5-c5ccccc5-4)c4ccccc4-c4cc5c(cc43)sc3ccccc35)c3ccc4oc5ccccc5c4c3)cc2)cc1. The Kier molecular flexibility index (Phi) is 7.51. The normalized spacial score (nSPS) is 14.6. The Labute approximate surface area is 374 Å². The highest BCUT2D eigenvalue weighted by Gasteiger charge is 2.50. The van der Waals surface area contributed by atoms with Crippen molar-refractivity contribution in [3.63, 3.8) is 0 Å². The topological polar surface area (TPSA) is 16.4 Å². The van der Waals surface area contributed by atoms with Crippen LogP contribution in [0.15, 0.2) is 229 Å². The molecule has 298 valence electrons. The summed E-state index contributed by atoms with van der Waals surface area (Å²) in [5, 5.41) is 4.84. The molecule has 64 heavy (non-hydrogen) atoms. The molecule has 0 saturated heterocycles. The van der Waals surface area contributed by atoms with E-state index in [9.17, 15) is 0 Å². The van der Waals surface area contributed by atoms with E-state index in [1.165, 1.54) is 86.9 Å². The highest BCUT2D eigenvalue weighted by atomic mass is 32.1. The molecule has 1 atom stereocenters. The van der Waals surface area contributed by atoms with Gasteiger partial charge in [-0.25, -0.2) is 0 Å². The first-order chi connectivity index (χ1) is 31.7. The van der Waals surface area contributed by atoms with Crippen LogP contribution in [-0.2, 0) is 5.41 Å². The van der Waals surface area contributed by atoms with Crippen LogP contribution in [0.3, 0.4) is 0 Å². The molecule has 0 fully saturated rings. The molecule has 2 heterocycles. The number of hydrogen-bond acceptors (Lipinski definition) is 3. The second-order valence-electron chi connectivity index (χ2n) is 17.1. The van der Waals surface area contributed by atoms with Crippen molar-refractivity contribution < 1.29 is 4.42 Å². The average molecular weight is 832 g/mol. The van der Waals surface area contributed by atoms with Gasteiger partial charge in [0.25, 0.3) is 0 Å². The van der Waals surface area contributed by atoms with Gasteiger partial charge in [0.1, 0.15) is 11.2 Å². The van der Waals surface area contributed by atoms with Gasteiger partial charge >= 0.3 is 0 Å². The van der Waals surface area contributed by atoms with E-state index in [1.807, 2.05) is 17.4 Å². The van der Waals surface area contributed by atoms with E-state index in [0.717, 1.165) is 39.0 Å². The zero-order valence-corrected chi connectivity index (χ0v) is 35.4. The second-order valence-corrected chi connectivity index (χ2v) is 18.2. The summed E-state index contributed by atoms with van der Waals surface area (Å²) in [6.45, 7) is 0. The summed E-state index contributed by atoms with van der Waals surface area (Å²) in [6.07, 6.45) is 0. The first-order valence-electron chi connectivity index (χ1n) is 22.0. The molecule has 0 amide bonds. The molecule has 2 aliphatic rings. The van der Waals surface area contributed by atoms with Gasteiger partial charge in [-0.1, -0.05) is 158 Å². The van der Waals surface area contributed by atoms with Crippen molar-refractivity contribution >= 4 is 70.5 Å². The lowest BCUT2D eigenvalue weighted by atomic mass is 9.65. The molecule has 1 unspecified atom stereocenters. The Morgan fingerprint density at radius 3 is 1.64 bits per heavy atom. The quantitative estimate of drug-likeness (QED) is 0.176. The van der Waals surface area contributed by atoms with Crippen molar-refractivity contribution in [2.24, 2.45) is 0 Å². The van der Waals surface area contributed by atoms with Crippen molar-refractivity contribution in [3.8, 4) is 44.5 Å². The smallest absolute Gasteiger partial charge is 0.135 e. The third kappa shape index (κ3) is 4.96. The van der Waals surface area contributed by atoms with Crippen LogP contribution in [0.25, 0.3) is 86.6 Å². The zero-order valence-electron chi connectivity index (χ0n) is 34.6. The van der Waals surface area contributed by atoms with E-state index in [2.05, 4.69) is 223 Å². The van der Waals surface area contributed by atoms with E-state index in [0.29, 0.717) is 0 Å². The fourth-order valence-corrected chi connectivity index (χ4v) is 12.3. The molecule has 10 aromatic carbocycles. The number of anilines is 3. The van der Waals surface area contributed by atoms with Gasteiger partial charge in [0, 0.05) is 48.0 Å². The molecule has 0 bridgehead atoms. The van der Waals surface area contributed by atoms with Gasteiger partial charge in [0.2, 0.25) is 0 Å². The van der Waals surface area contributed by atoms with Gasteiger partial charge in [-0.3, -0.25) is 0 Å². The number of rotatable bonds is 4. The Morgan fingerprint density at radius 2 is 0.859 bits per heavy atom. The summed E-state index contributed by atoms with van der Waals surface area (Å²) in [5.74, 6) is 0. The molecule has 0 radical (unpaired) electrons. The van der Waals surface area contributed by atoms with Crippen LogP contribution in [0.1, 0.15) is 22.3 Å². The second kappa shape index (κ2) is 13.5. The van der Waals surface area contributed by atoms with E-state index in [1.54, 1.807) is 0 Å². The fourth-order valence-electron chi connectivity index (χ4n) is 11.2. The van der Waals surface area contributed by atoms with Crippen molar-refractivity contribution in [1.29, 1.82) is 0 Å². The summed E-state index contributed by atoms with van der Waals surface area (Å²) in [7, 11) is 0.